The Labute approximate surface area is 240 Å². The third kappa shape index (κ3) is 5.07. The lowest BCUT2D eigenvalue weighted by atomic mass is 10.0. The van der Waals surface area contributed by atoms with E-state index in [0.29, 0.717) is 0 Å². The summed E-state index contributed by atoms with van der Waals surface area (Å²) in [5.74, 6) is 0. The second-order valence-electron chi connectivity index (χ2n) is 9.68. The summed E-state index contributed by atoms with van der Waals surface area (Å²) < 4.78 is 3.79. The Morgan fingerprint density at radius 1 is 0.769 bits per heavy atom. The van der Waals surface area contributed by atoms with E-state index in [9.17, 15) is 0 Å². The Hall–Kier alpha value is -3.60. The van der Waals surface area contributed by atoms with E-state index in [2.05, 4.69) is 139 Å². The summed E-state index contributed by atoms with van der Waals surface area (Å²) in [7, 11) is 0. The van der Waals surface area contributed by atoms with Crippen LogP contribution in [0.1, 0.15) is 32.2 Å². The molecule has 6 rings (SSSR count). The van der Waals surface area contributed by atoms with Gasteiger partial charge in [-0.15, -0.1) is 0 Å². The SMILES string of the molecule is CCC(=Cc1sc2ccc(-c3ccccc3)cc2[n+]1CC)C=C1Sc2ccc(-c3ccccc3)cc2N1CC. The number of rotatable bonds is 7. The van der Waals surface area contributed by atoms with E-state index in [1.807, 2.05) is 23.1 Å². The normalized spacial score (nSPS) is 14.4. The smallest absolute Gasteiger partial charge is 0.263 e. The number of aromatic nitrogens is 1. The lowest BCUT2D eigenvalue weighted by Crippen LogP contribution is -2.33. The van der Waals surface area contributed by atoms with Gasteiger partial charge >= 0.3 is 0 Å². The van der Waals surface area contributed by atoms with Crippen molar-refractivity contribution in [2.75, 3.05) is 11.4 Å². The largest absolute Gasteiger partial charge is 0.335 e. The van der Waals surface area contributed by atoms with Crippen molar-refractivity contribution < 1.29 is 4.57 Å². The summed E-state index contributed by atoms with van der Waals surface area (Å²) >= 11 is 3.77. The van der Waals surface area contributed by atoms with Crippen LogP contribution in [0.25, 0.3) is 38.5 Å². The topological polar surface area (TPSA) is 7.12 Å². The predicted molar refractivity (Wildman–Crippen MR) is 170 cm³/mol. The average Bonchev–Trinajstić information content (AvgIpc) is 3.53. The number of thioether (sulfide) groups is 1. The van der Waals surface area contributed by atoms with E-state index in [0.717, 1.165) is 19.5 Å². The Balaban J connectivity index is 1.35. The second-order valence-corrected chi connectivity index (χ2v) is 11.8. The number of anilines is 1. The first-order valence-electron chi connectivity index (χ1n) is 13.8. The fourth-order valence-electron chi connectivity index (χ4n) is 5.25. The highest BCUT2D eigenvalue weighted by Gasteiger charge is 2.25. The highest BCUT2D eigenvalue weighted by molar-refractivity contribution is 8.03. The van der Waals surface area contributed by atoms with E-state index in [1.165, 1.54) is 58.7 Å². The Bertz CT molecular complexity index is 1680. The van der Waals surface area contributed by atoms with Crippen LogP contribution in [-0.4, -0.2) is 6.54 Å². The Kier molecular flexibility index (Phi) is 7.40. The minimum atomic E-state index is 0.946. The molecule has 0 amide bonds. The molecule has 0 N–H and O–H groups in total. The zero-order chi connectivity index (χ0) is 26.8. The molecular formula is C35H33N2S2+. The molecule has 0 spiro atoms. The summed E-state index contributed by atoms with van der Waals surface area (Å²) in [5.41, 5.74) is 9.03. The second kappa shape index (κ2) is 11.3. The molecule has 1 aromatic heterocycles. The number of thiazole rings is 1. The molecule has 0 fully saturated rings. The standard InChI is InChI=1S/C35H33N2S2/c1-4-25(21-34-36(5-2)30-23-28(17-19-32(30)38-34)26-13-9-7-10-14-26)22-35-37(6-3)31-24-29(18-20-33(31)39-35)27-15-11-8-12-16-27/h7-24H,4-6H2,1-3H3/q+1. The molecule has 194 valence electrons. The summed E-state index contributed by atoms with van der Waals surface area (Å²) in [6.45, 7) is 8.64. The van der Waals surface area contributed by atoms with Gasteiger partial charge in [0.2, 0.25) is 5.52 Å². The van der Waals surface area contributed by atoms with Crippen molar-refractivity contribution in [3.05, 3.63) is 119 Å². The number of allylic oxidation sites excluding steroid dienone is 2. The summed E-state index contributed by atoms with van der Waals surface area (Å²) in [4.78, 5) is 3.79. The number of benzene rings is 4. The molecule has 39 heavy (non-hydrogen) atoms. The van der Waals surface area contributed by atoms with Crippen molar-refractivity contribution in [2.45, 2.75) is 38.6 Å². The number of hydrogen-bond acceptors (Lipinski definition) is 3. The van der Waals surface area contributed by atoms with Crippen LogP contribution in [-0.2, 0) is 6.54 Å². The lowest BCUT2D eigenvalue weighted by molar-refractivity contribution is -0.665. The van der Waals surface area contributed by atoms with Crippen LogP contribution in [0.15, 0.2) is 119 Å². The van der Waals surface area contributed by atoms with Gasteiger partial charge in [0, 0.05) is 23.6 Å². The quantitative estimate of drug-likeness (QED) is 0.188. The molecule has 0 unspecified atom stereocenters. The molecule has 0 aliphatic carbocycles. The van der Waals surface area contributed by atoms with E-state index < -0.39 is 0 Å². The van der Waals surface area contributed by atoms with Gasteiger partial charge < -0.3 is 4.90 Å². The first-order chi connectivity index (χ1) is 19.2. The van der Waals surface area contributed by atoms with Gasteiger partial charge in [-0.25, -0.2) is 0 Å². The molecule has 0 saturated carbocycles. The molecule has 1 aliphatic rings. The van der Waals surface area contributed by atoms with Crippen molar-refractivity contribution >= 4 is 45.1 Å². The average molecular weight is 546 g/mol. The van der Waals surface area contributed by atoms with Gasteiger partial charge in [0.15, 0.2) is 0 Å². The van der Waals surface area contributed by atoms with Gasteiger partial charge in [0.25, 0.3) is 5.01 Å². The van der Waals surface area contributed by atoms with Gasteiger partial charge in [-0.1, -0.05) is 103 Å². The highest BCUT2D eigenvalue weighted by Crippen LogP contribution is 2.47. The molecule has 0 atom stereocenters. The van der Waals surface area contributed by atoms with Crippen LogP contribution < -0.4 is 9.47 Å². The van der Waals surface area contributed by atoms with Gasteiger partial charge in [0.05, 0.1) is 10.7 Å². The van der Waals surface area contributed by atoms with Crippen molar-refractivity contribution in [1.82, 2.24) is 0 Å². The lowest BCUT2D eigenvalue weighted by Gasteiger charge is -2.19. The first kappa shape index (κ1) is 25.7. The number of nitrogens with zero attached hydrogens (tertiary/aromatic N) is 2. The van der Waals surface area contributed by atoms with Crippen LogP contribution in [0.4, 0.5) is 5.69 Å². The van der Waals surface area contributed by atoms with Gasteiger partial charge in [-0.05, 0) is 72.4 Å². The van der Waals surface area contributed by atoms with E-state index >= 15 is 0 Å². The van der Waals surface area contributed by atoms with Crippen molar-refractivity contribution in [1.29, 1.82) is 0 Å². The highest BCUT2D eigenvalue weighted by atomic mass is 32.2. The van der Waals surface area contributed by atoms with E-state index in [1.54, 1.807) is 0 Å². The maximum absolute atomic E-state index is 2.46. The van der Waals surface area contributed by atoms with Crippen molar-refractivity contribution in [3.63, 3.8) is 0 Å². The molecule has 5 aromatic rings. The zero-order valence-electron chi connectivity index (χ0n) is 22.7. The van der Waals surface area contributed by atoms with Gasteiger partial charge in [-0.2, -0.15) is 4.57 Å². The van der Waals surface area contributed by atoms with Crippen LogP contribution in [0.5, 0.6) is 0 Å². The van der Waals surface area contributed by atoms with Crippen molar-refractivity contribution in [2.24, 2.45) is 0 Å². The molecule has 0 saturated heterocycles. The van der Waals surface area contributed by atoms with Crippen LogP contribution in [0, 0.1) is 0 Å². The molecule has 2 nitrogen and oxygen atoms in total. The van der Waals surface area contributed by atoms with E-state index in [4.69, 9.17) is 0 Å². The fourth-order valence-corrected chi connectivity index (χ4v) is 7.62. The molecule has 2 heterocycles. The zero-order valence-corrected chi connectivity index (χ0v) is 24.4. The molecule has 1 aliphatic heterocycles. The summed E-state index contributed by atoms with van der Waals surface area (Å²) in [6.07, 6.45) is 5.78. The maximum Gasteiger partial charge on any atom is 0.263 e. The van der Waals surface area contributed by atoms with Gasteiger partial charge in [-0.3, -0.25) is 0 Å². The molecule has 4 aromatic carbocycles. The molecular weight excluding hydrogens is 513 g/mol. The maximum atomic E-state index is 2.46. The van der Waals surface area contributed by atoms with Gasteiger partial charge in [0.1, 0.15) is 11.2 Å². The van der Waals surface area contributed by atoms with Crippen molar-refractivity contribution in [3.8, 4) is 22.3 Å². The monoisotopic (exact) mass is 545 g/mol. The molecule has 0 bridgehead atoms. The minimum absolute atomic E-state index is 0.946. The number of fused-ring (bicyclic) bond motifs is 2. The fraction of sp³-hybridized carbons (Fsp3) is 0.171. The third-order valence-electron chi connectivity index (χ3n) is 7.33. The van der Waals surface area contributed by atoms with Crippen LogP contribution in [0.2, 0.25) is 0 Å². The first-order valence-corrected chi connectivity index (χ1v) is 15.4. The Morgan fingerprint density at radius 3 is 2.08 bits per heavy atom. The van der Waals surface area contributed by atoms with Crippen LogP contribution >= 0.6 is 23.1 Å². The number of hydrogen-bond donors (Lipinski definition) is 0. The van der Waals surface area contributed by atoms with E-state index in [-0.39, 0.29) is 0 Å². The van der Waals surface area contributed by atoms with Crippen LogP contribution in [0.3, 0.4) is 0 Å². The molecule has 0 radical (unpaired) electrons. The summed E-state index contributed by atoms with van der Waals surface area (Å²) in [5, 5.41) is 2.61. The summed E-state index contributed by atoms with van der Waals surface area (Å²) in [6, 6.07) is 35.1. The third-order valence-corrected chi connectivity index (χ3v) is 9.56. The number of aryl methyl sites for hydroxylation is 1. The minimum Gasteiger partial charge on any atom is -0.335 e. The molecule has 4 heteroatoms. The predicted octanol–water partition coefficient (Wildman–Crippen LogP) is 9.81. The Morgan fingerprint density at radius 2 is 1.44 bits per heavy atom.